The lowest BCUT2D eigenvalue weighted by Gasteiger charge is -2.11. The molecule has 12 rings (SSSR count). The molecule has 12 aromatic rings. The Bertz CT molecular complexity index is 3590. The maximum atomic E-state index is 6.39. The highest BCUT2D eigenvalue weighted by Crippen LogP contribution is 2.39. The van der Waals surface area contributed by atoms with Gasteiger partial charge in [0.2, 0.25) is 5.89 Å². The fraction of sp³-hybridized carbons (Fsp3) is 0. The van der Waals surface area contributed by atoms with Crippen LogP contribution >= 0.6 is 0 Å². The van der Waals surface area contributed by atoms with E-state index >= 15 is 0 Å². The van der Waals surface area contributed by atoms with Gasteiger partial charge in [-0.25, -0.2) is 19.9 Å². The Morgan fingerprint density at radius 1 is 0.283 bits per heavy atom. The summed E-state index contributed by atoms with van der Waals surface area (Å²) in [5.41, 5.74) is 11.3. The first-order chi connectivity index (χ1) is 29.7. The van der Waals surface area contributed by atoms with Gasteiger partial charge in [-0.3, -0.25) is 0 Å². The Morgan fingerprint density at radius 2 is 0.867 bits per heavy atom. The third-order valence-electron chi connectivity index (χ3n) is 11.3. The number of benzene rings is 9. The zero-order valence-electron chi connectivity index (χ0n) is 32.1. The van der Waals surface area contributed by atoms with E-state index in [1.165, 1.54) is 10.9 Å². The number of hydrogen-bond acceptors (Lipinski definition) is 6. The fourth-order valence-corrected chi connectivity index (χ4v) is 8.28. The molecule has 60 heavy (non-hydrogen) atoms. The van der Waals surface area contributed by atoms with E-state index in [0.717, 1.165) is 82.6 Å². The number of rotatable bonds is 6. The highest BCUT2D eigenvalue weighted by Gasteiger charge is 2.17. The number of nitrogens with zero attached hydrogens (tertiary/aromatic N) is 4. The summed E-state index contributed by atoms with van der Waals surface area (Å²) in [5, 5.41) is 6.52. The zero-order chi connectivity index (χ0) is 39.6. The Morgan fingerprint density at radius 3 is 1.65 bits per heavy atom. The summed E-state index contributed by atoms with van der Waals surface area (Å²) in [6.45, 7) is 0. The summed E-state index contributed by atoms with van der Waals surface area (Å²) in [7, 11) is 0. The van der Waals surface area contributed by atoms with Crippen molar-refractivity contribution in [2.45, 2.75) is 0 Å². The Kier molecular flexibility index (Phi) is 7.74. The second kappa shape index (κ2) is 13.7. The molecule has 0 fully saturated rings. The second-order valence-corrected chi connectivity index (χ2v) is 15.1. The molecule has 280 valence electrons. The van der Waals surface area contributed by atoms with E-state index in [0.29, 0.717) is 28.9 Å². The Labute approximate surface area is 344 Å². The predicted molar refractivity (Wildman–Crippen MR) is 242 cm³/mol. The first-order valence-electron chi connectivity index (χ1n) is 19.9. The summed E-state index contributed by atoms with van der Waals surface area (Å²) < 4.78 is 12.7. The van der Waals surface area contributed by atoms with Crippen molar-refractivity contribution in [1.82, 2.24) is 19.9 Å². The molecule has 9 aromatic carbocycles. The molecule has 3 heterocycles. The maximum absolute atomic E-state index is 6.39. The molecule has 0 bridgehead atoms. The summed E-state index contributed by atoms with van der Waals surface area (Å²) in [5.74, 6) is 2.47. The molecule has 0 aliphatic rings. The van der Waals surface area contributed by atoms with Crippen LogP contribution in [0.2, 0.25) is 0 Å². The van der Waals surface area contributed by atoms with Gasteiger partial charge >= 0.3 is 0 Å². The third kappa shape index (κ3) is 5.89. The molecule has 6 nitrogen and oxygen atoms in total. The van der Waals surface area contributed by atoms with Gasteiger partial charge in [0.05, 0.1) is 0 Å². The summed E-state index contributed by atoms with van der Waals surface area (Å²) in [6.07, 6.45) is 0. The van der Waals surface area contributed by atoms with E-state index < -0.39 is 0 Å². The average Bonchev–Trinajstić information content (AvgIpc) is 3.91. The van der Waals surface area contributed by atoms with Crippen molar-refractivity contribution >= 4 is 54.6 Å². The van der Waals surface area contributed by atoms with Crippen LogP contribution in [0.5, 0.6) is 0 Å². The highest BCUT2D eigenvalue weighted by molar-refractivity contribution is 6.11. The molecule has 0 N–H and O–H groups in total. The monoisotopic (exact) mass is 768 g/mol. The summed E-state index contributed by atoms with van der Waals surface area (Å²) in [4.78, 5) is 19.9. The average molecular weight is 769 g/mol. The summed E-state index contributed by atoms with van der Waals surface area (Å²) in [6, 6.07) is 66.7. The molecule has 0 aliphatic heterocycles. The van der Waals surface area contributed by atoms with Crippen molar-refractivity contribution < 1.29 is 8.83 Å². The van der Waals surface area contributed by atoms with E-state index in [1.807, 2.05) is 54.6 Å². The van der Waals surface area contributed by atoms with E-state index in [2.05, 4.69) is 140 Å². The number of aromatic nitrogens is 4. The molecule has 6 heteroatoms. The Hall–Kier alpha value is -8.22. The normalized spacial score (nSPS) is 11.7. The van der Waals surface area contributed by atoms with Crippen LogP contribution < -0.4 is 0 Å². The smallest absolute Gasteiger partial charge is 0.227 e. The lowest BCUT2D eigenvalue weighted by Crippen LogP contribution is -2.00. The maximum Gasteiger partial charge on any atom is 0.227 e. The molecular formula is C54H32N4O2. The van der Waals surface area contributed by atoms with Gasteiger partial charge in [0.1, 0.15) is 16.7 Å². The van der Waals surface area contributed by atoms with Gasteiger partial charge < -0.3 is 8.83 Å². The highest BCUT2D eigenvalue weighted by atomic mass is 16.4. The molecule has 0 unspecified atom stereocenters. The van der Waals surface area contributed by atoms with E-state index in [4.69, 9.17) is 28.8 Å². The van der Waals surface area contributed by atoms with Gasteiger partial charge in [0.15, 0.2) is 23.1 Å². The van der Waals surface area contributed by atoms with Gasteiger partial charge in [-0.15, -0.1) is 0 Å². The Balaban J connectivity index is 0.911. The van der Waals surface area contributed by atoms with Gasteiger partial charge in [-0.05, 0) is 86.3 Å². The quantitative estimate of drug-likeness (QED) is 0.168. The number of fused-ring (bicyclic) bond motifs is 6. The predicted octanol–water partition coefficient (Wildman–Crippen LogP) is 14.2. The van der Waals surface area contributed by atoms with Crippen LogP contribution in [0, 0.1) is 0 Å². The van der Waals surface area contributed by atoms with Crippen LogP contribution in [0.3, 0.4) is 0 Å². The van der Waals surface area contributed by atoms with Crippen molar-refractivity contribution in [2.24, 2.45) is 0 Å². The molecule has 0 spiro atoms. The molecule has 0 aliphatic carbocycles. The van der Waals surface area contributed by atoms with E-state index in [1.54, 1.807) is 0 Å². The molecule has 0 saturated carbocycles. The zero-order valence-corrected chi connectivity index (χ0v) is 32.1. The third-order valence-corrected chi connectivity index (χ3v) is 11.3. The second-order valence-electron chi connectivity index (χ2n) is 15.1. The van der Waals surface area contributed by atoms with E-state index in [9.17, 15) is 0 Å². The van der Waals surface area contributed by atoms with Gasteiger partial charge in [-0.2, -0.15) is 0 Å². The molecule has 0 amide bonds. The minimum Gasteiger partial charge on any atom is -0.456 e. The van der Waals surface area contributed by atoms with Gasteiger partial charge in [0, 0.05) is 39.1 Å². The lowest BCUT2D eigenvalue weighted by molar-refractivity contribution is 0.620. The first-order valence-corrected chi connectivity index (χ1v) is 19.9. The van der Waals surface area contributed by atoms with Crippen LogP contribution in [-0.2, 0) is 0 Å². The standard InChI is InChI=1S/C54H32N4O2/c1-3-10-33(11-4-1)35-18-21-37(22-19-35)54-55-47-32-49-46(31-50(47)60-54)45-30-40(25-27-48(45)59-49)43-17-9-16-39-29-42(24-26-44(39)43)53-57-51(36-13-5-2-6-14-36)56-52(58-53)41-23-20-34-12-7-8-15-38(34)28-41/h1-32H. The molecule has 3 aromatic heterocycles. The minimum absolute atomic E-state index is 0.579. The fourth-order valence-electron chi connectivity index (χ4n) is 8.28. The van der Waals surface area contributed by atoms with Gasteiger partial charge in [0.25, 0.3) is 0 Å². The van der Waals surface area contributed by atoms with Crippen molar-refractivity contribution in [3.8, 4) is 67.9 Å². The van der Waals surface area contributed by atoms with Crippen LogP contribution in [0.4, 0.5) is 0 Å². The topological polar surface area (TPSA) is 77.8 Å². The van der Waals surface area contributed by atoms with Crippen molar-refractivity contribution in [2.75, 3.05) is 0 Å². The SMILES string of the molecule is c1ccc(-c2ccc(-c3nc4cc5oc6ccc(-c7cccc8cc(-c9nc(-c%10ccccc%10)nc(-c%10ccc%11ccccc%11c%10)n9)ccc78)cc6c5cc4o3)cc2)cc1. The number of hydrogen-bond donors (Lipinski definition) is 0. The molecule has 0 atom stereocenters. The van der Waals surface area contributed by atoms with Crippen LogP contribution in [0.15, 0.2) is 203 Å². The summed E-state index contributed by atoms with van der Waals surface area (Å²) >= 11 is 0. The lowest BCUT2D eigenvalue weighted by atomic mass is 9.95. The first kappa shape index (κ1) is 33.9. The van der Waals surface area contributed by atoms with Crippen LogP contribution in [-0.4, -0.2) is 19.9 Å². The number of oxazole rings is 1. The number of furan rings is 1. The molecular weight excluding hydrogens is 737 g/mol. The van der Waals surface area contributed by atoms with E-state index in [-0.39, 0.29) is 0 Å². The van der Waals surface area contributed by atoms with Crippen molar-refractivity contribution in [3.05, 3.63) is 194 Å². The minimum atomic E-state index is 0.579. The van der Waals surface area contributed by atoms with Crippen molar-refractivity contribution in [1.29, 1.82) is 0 Å². The molecule has 0 radical (unpaired) electrons. The van der Waals surface area contributed by atoms with Crippen LogP contribution in [0.1, 0.15) is 0 Å². The largest absolute Gasteiger partial charge is 0.456 e. The van der Waals surface area contributed by atoms with Gasteiger partial charge in [-0.1, -0.05) is 146 Å². The van der Waals surface area contributed by atoms with Crippen molar-refractivity contribution in [3.63, 3.8) is 0 Å². The van der Waals surface area contributed by atoms with Crippen LogP contribution in [0.25, 0.3) is 122 Å². The molecule has 0 saturated heterocycles.